The van der Waals surface area contributed by atoms with E-state index >= 15 is 0 Å². The maximum atomic E-state index is 13.4. The van der Waals surface area contributed by atoms with Crippen LogP contribution in [0, 0.1) is 0 Å². The summed E-state index contributed by atoms with van der Waals surface area (Å²) in [5, 5.41) is 2.98. The fourth-order valence-corrected chi connectivity index (χ4v) is 5.57. The average Bonchev–Trinajstić information content (AvgIpc) is 2.98. The lowest BCUT2D eigenvalue weighted by Gasteiger charge is -2.41. The van der Waals surface area contributed by atoms with Gasteiger partial charge in [-0.2, -0.15) is 0 Å². The van der Waals surface area contributed by atoms with Crippen molar-refractivity contribution in [3.05, 3.63) is 77.9 Å². The molecule has 6 nitrogen and oxygen atoms in total. The molecule has 168 valence electrons. The number of hydrogen-bond donors (Lipinski definition) is 1. The summed E-state index contributed by atoms with van der Waals surface area (Å²) in [7, 11) is 0. The minimum atomic E-state index is -0.152. The highest BCUT2D eigenvalue weighted by Gasteiger charge is 2.29. The molecule has 0 aliphatic carbocycles. The predicted octanol–water partition coefficient (Wildman–Crippen LogP) is 5.48. The summed E-state index contributed by atoms with van der Waals surface area (Å²) < 4.78 is 5.32. The van der Waals surface area contributed by atoms with Gasteiger partial charge in [-0.05, 0) is 49.4 Å². The molecule has 3 aromatic rings. The van der Waals surface area contributed by atoms with Gasteiger partial charge in [-0.15, -0.1) is 0 Å². The molecule has 1 N–H and O–H groups in total. The van der Waals surface area contributed by atoms with Gasteiger partial charge < -0.3 is 18.2 Å². The number of hydrogen-bond acceptors (Lipinski definition) is 5. The van der Waals surface area contributed by atoms with Crippen molar-refractivity contribution in [3.63, 3.8) is 0 Å². The average molecular weight is 571 g/mol. The van der Waals surface area contributed by atoms with E-state index in [9.17, 15) is 9.59 Å². The third-order valence-electron chi connectivity index (χ3n) is 5.99. The number of anilines is 2. The molecular weight excluding hydrogens is 549 g/mol. The van der Waals surface area contributed by atoms with Gasteiger partial charge in [0.2, 0.25) is 0 Å². The third-order valence-corrected chi connectivity index (χ3v) is 7.65. The number of halogens is 1. The zero-order valence-electron chi connectivity index (χ0n) is 18.0. The Kier molecular flexibility index (Phi) is 6.20. The molecule has 1 atom stereocenters. The molecule has 5 rings (SSSR count). The fraction of sp³-hybridized carbons (Fsp3) is 0.200. The summed E-state index contributed by atoms with van der Waals surface area (Å²) in [5.41, 5.74) is 3.00. The third kappa shape index (κ3) is 4.41. The van der Waals surface area contributed by atoms with E-state index in [2.05, 4.69) is 23.2 Å². The van der Waals surface area contributed by atoms with Gasteiger partial charge in [0.05, 0.1) is 11.3 Å². The molecular formula is C25H22IN3O3S. The molecule has 2 aliphatic rings. The van der Waals surface area contributed by atoms with Gasteiger partial charge in [0.15, 0.2) is 23.0 Å². The first kappa shape index (κ1) is 22.1. The number of fused-ring (bicyclic) bond motifs is 2. The minimum absolute atomic E-state index is 0.0182. The van der Waals surface area contributed by atoms with Crippen LogP contribution in [0.3, 0.4) is 0 Å². The van der Waals surface area contributed by atoms with Crippen LogP contribution < -0.4 is 13.3 Å². The van der Waals surface area contributed by atoms with Crippen LogP contribution in [0.5, 0.6) is 5.75 Å². The highest BCUT2D eigenvalue weighted by Crippen LogP contribution is 2.39. The first-order chi connectivity index (χ1) is 16.0. The molecule has 8 heteroatoms. The minimum Gasteiger partial charge on any atom is -0.428 e. The molecule has 0 bridgehead atoms. The van der Waals surface area contributed by atoms with Crippen LogP contribution in [0.1, 0.15) is 27.6 Å². The van der Waals surface area contributed by atoms with Crippen LogP contribution in [-0.4, -0.2) is 42.4 Å². The molecule has 0 aromatic heterocycles. The zero-order chi connectivity index (χ0) is 22.9. The van der Waals surface area contributed by atoms with Crippen molar-refractivity contribution in [2.24, 2.45) is 0 Å². The Balaban J connectivity index is 1.33. The maximum absolute atomic E-state index is 13.4. The SMILES string of the molecule is CC1CN(c2cccc(OI)c2)CCN1C(=O)c1ccc2c(c1)NC(=O)c1ccccc1S2. The standard InChI is InChI=1S/C25H22IN3O3S/c1-16-15-28(18-5-4-6-19(14-18)32-26)11-12-29(16)25(31)17-9-10-23-21(13-17)27-24(30)20-7-2-3-8-22(20)33-23/h2-10,13-14,16H,11-12,15H2,1H3,(H,27,30). The second-order valence-electron chi connectivity index (χ2n) is 8.13. The lowest BCUT2D eigenvalue weighted by molar-refractivity contribution is 0.0674. The van der Waals surface area contributed by atoms with E-state index in [1.54, 1.807) is 6.07 Å². The maximum Gasteiger partial charge on any atom is 0.256 e. The Morgan fingerprint density at radius 3 is 2.73 bits per heavy atom. The Morgan fingerprint density at radius 1 is 1.06 bits per heavy atom. The lowest BCUT2D eigenvalue weighted by Crippen LogP contribution is -2.54. The van der Waals surface area contributed by atoms with Gasteiger partial charge in [-0.1, -0.05) is 30.0 Å². The van der Waals surface area contributed by atoms with Gasteiger partial charge in [-0.3, -0.25) is 9.59 Å². The Morgan fingerprint density at radius 2 is 1.91 bits per heavy atom. The smallest absolute Gasteiger partial charge is 0.256 e. The zero-order valence-corrected chi connectivity index (χ0v) is 20.9. The van der Waals surface area contributed by atoms with Crippen molar-refractivity contribution in [3.8, 4) is 5.75 Å². The van der Waals surface area contributed by atoms with Crippen LogP contribution in [0.2, 0.25) is 0 Å². The van der Waals surface area contributed by atoms with Crippen molar-refractivity contribution in [2.75, 3.05) is 29.9 Å². The molecule has 0 spiro atoms. The number of piperazine rings is 1. The second-order valence-corrected chi connectivity index (χ2v) is 9.66. The highest BCUT2D eigenvalue weighted by molar-refractivity contribution is 14.1. The monoisotopic (exact) mass is 571 g/mol. The molecule has 2 heterocycles. The van der Waals surface area contributed by atoms with E-state index in [4.69, 9.17) is 3.07 Å². The van der Waals surface area contributed by atoms with Gasteiger partial charge in [0.1, 0.15) is 5.75 Å². The summed E-state index contributed by atoms with van der Waals surface area (Å²) in [6.45, 7) is 4.18. The number of carbonyl (C=O) groups is 2. The molecule has 3 aromatic carbocycles. The Bertz CT molecular complexity index is 1240. The van der Waals surface area contributed by atoms with Gasteiger partial charge in [-0.25, -0.2) is 0 Å². The van der Waals surface area contributed by atoms with Crippen LogP contribution >= 0.6 is 34.8 Å². The molecule has 1 fully saturated rings. The van der Waals surface area contributed by atoms with Crippen LogP contribution in [0.4, 0.5) is 11.4 Å². The van der Waals surface area contributed by atoms with E-state index in [0.717, 1.165) is 34.3 Å². The molecule has 1 saturated heterocycles. The van der Waals surface area contributed by atoms with Crippen molar-refractivity contribution >= 4 is 58.0 Å². The summed E-state index contributed by atoms with van der Waals surface area (Å²) >= 11 is 3.42. The topological polar surface area (TPSA) is 61.9 Å². The first-order valence-corrected chi connectivity index (χ1v) is 12.4. The predicted molar refractivity (Wildman–Crippen MR) is 139 cm³/mol. The molecule has 2 amide bonds. The molecule has 0 radical (unpaired) electrons. The summed E-state index contributed by atoms with van der Waals surface area (Å²) in [4.78, 5) is 32.1. The van der Waals surface area contributed by atoms with Crippen LogP contribution in [0.25, 0.3) is 0 Å². The summed E-state index contributed by atoms with van der Waals surface area (Å²) in [6.07, 6.45) is 0. The van der Waals surface area contributed by atoms with Crippen LogP contribution in [-0.2, 0) is 0 Å². The fourth-order valence-electron chi connectivity index (χ4n) is 4.29. The Hall–Kier alpha value is -2.72. The van der Waals surface area contributed by atoms with Crippen molar-refractivity contribution in [1.29, 1.82) is 0 Å². The van der Waals surface area contributed by atoms with E-state index < -0.39 is 0 Å². The van der Waals surface area contributed by atoms with E-state index in [1.165, 1.54) is 11.8 Å². The van der Waals surface area contributed by atoms with E-state index in [0.29, 0.717) is 23.4 Å². The van der Waals surface area contributed by atoms with E-state index in [1.807, 2.05) is 82.5 Å². The first-order valence-electron chi connectivity index (χ1n) is 10.7. The number of carbonyl (C=O) groups excluding carboxylic acids is 2. The normalized spacial score (nSPS) is 17.5. The quantitative estimate of drug-likeness (QED) is 0.422. The molecule has 33 heavy (non-hydrogen) atoms. The Labute approximate surface area is 211 Å². The van der Waals surface area contributed by atoms with Gasteiger partial charge >= 0.3 is 0 Å². The molecule has 1 unspecified atom stereocenters. The number of rotatable bonds is 3. The number of nitrogens with one attached hydrogen (secondary N) is 1. The second kappa shape index (κ2) is 9.26. The van der Waals surface area contributed by atoms with Crippen LogP contribution in [0.15, 0.2) is 76.5 Å². The van der Waals surface area contributed by atoms with Crippen molar-refractivity contribution < 1.29 is 12.7 Å². The number of benzene rings is 3. The highest BCUT2D eigenvalue weighted by atomic mass is 127. The van der Waals surface area contributed by atoms with Gasteiger partial charge in [0, 0.05) is 52.8 Å². The largest absolute Gasteiger partial charge is 0.428 e. The summed E-state index contributed by atoms with van der Waals surface area (Å²) in [6, 6.07) is 21.1. The van der Waals surface area contributed by atoms with Gasteiger partial charge in [0.25, 0.3) is 11.8 Å². The number of nitrogens with zero attached hydrogens (tertiary/aromatic N) is 2. The lowest BCUT2D eigenvalue weighted by atomic mass is 10.1. The van der Waals surface area contributed by atoms with Crippen molar-refractivity contribution in [2.45, 2.75) is 22.8 Å². The van der Waals surface area contributed by atoms with Crippen molar-refractivity contribution in [1.82, 2.24) is 4.90 Å². The van der Waals surface area contributed by atoms with E-state index in [-0.39, 0.29) is 17.9 Å². The summed E-state index contributed by atoms with van der Waals surface area (Å²) in [5.74, 6) is 0.641. The number of amides is 2. The molecule has 2 aliphatic heterocycles. The molecule has 0 saturated carbocycles.